The monoisotopic (exact) mass is 237 g/mol. The van der Waals surface area contributed by atoms with E-state index < -0.39 is 8.53 Å². The second-order valence-corrected chi connectivity index (χ2v) is 5.12. The third-order valence-corrected chi connectivity index (χ3v) is 4.21. The molecule has 14 heavy (non-hydrogen) atoms. The molecule has 0 aromatic heterocycles. The maximum atomic E-state index is 11.3. The highest BCUT2D eigenvalue weighted by atomic mass is 32.2. The van der Waals surface area contributed by atoms with Gasteiger partial charge in [0.1, 0.15) is 0 Å². The van der Waals surface area contributed by atoms with Crippen molar-refractivity contribution in [2.24, 2.45) is 0 Å². The minimum atomic E-state index is -1.08. The molecule has 1 atom stereocenters. The molecule has 6 heteroatoms. The van der Waals surface area contributed by atoms with Gasteiger partial charge in [-0.2, -0.15) is 0 Å². The molecule has 0 bridgehead atoms. The molecule has 0 aromatic rings. The summed E-state index contributed by atoms with van der Waals surface area (Å²) in [7, 11) is -1.08. The Morgan fingerprint density at radius 1 is 1.50 bits per heavy atom. The lowest BCUT2D eigenvalue weighted by atomic mass is 10.3. The first-order valence-corrected chi connectivity index (χ1v) is 6.93. The maximum absolute atomic E-state index is 11.3. The third kappa shape index (κ3) is 3.83. The fraction of sp³-hybridized carbons (Fsp3) is 0.875. The minimum Gasteiger partial charge on any atom is -0.322 e. The van der Waals surface area contributed by atoms with Gasteiger partial charge in [-0.05, 0) is 20.3 Å². The van der Waals surface area contributed by atoms with E-state index in [1.54, 1.807) is 0 Å². The highest BCUT2D eigenvalue weighted by Gasteiger charge is 2.28. The van der Waals surface area contributed by atoms with Gasteiger partial charge in [-0.25, -0.2) is 5.09 Å². The second kappa shape index (κ2) is 6.75. The van der Waals surface area contributed by atoms with Gasteiger partial charge in [0.05, 0.1) is 19.3 Å². The van der Waals surface area contributed by atoms with E-state index in [4.69, 9.17) is 9.05 Å². The van der Waals surface area contributed by atoms with Crippen LogP contribution in [-0.4, -0.2) is 30.1 Å². The van der Waals surface area contributed by atoms with Crippen molar-refractivity contribution >= 4 is 25.4 Å². The van der Waals surface area contributed by atoms with E-state index >= 15 is 0 Å². The first kappa shape index (κ1) is 12.4. The maximum Gasteiger partial charge on any atom is 0.256 e. The van der Waals surface area contributed by atoms with E-state index in [9.17, 15) is 4.79 Å². The average Bonchev–Trinajstić information content (AvgIpc) is 2.53. The van der Waals surface area contributed by atoms with Gasteiger partial charge < -0.3 is 9.05 Å². The number of hydrogen-bond donors (Lipinski definition) is 1. The summed E-state index contributed by atoms with van der Waals surface area (Å²) in [6.45, 7) is 5.04. The van der Waals surface area contributed by atoms with Crippen LogP contribution >= 0.6 is 20.3 Å². The normalized spacial score (nSPS) is 22.2. The van der Waals surface area contributed by atoms with Crippen molar-refractivity contribution in [3.8, 4) is 0 Å². The van der Waals surface area contributed by atoms with Crippen molar-refractivity contribution in [2.75, 3.05) is 19.0 Å². The van der Waals surface area contributed by atoms with Gasteiger partial charge in [0.15, 0.2) is 0 Å². The van der Waals surface area contributed by atoms with Crippen LogP contribution in [0.25, 0.3) is 0 Å². The van der Waals surface area contributed by atoms with E-state index in [0.29, 0.717) is 13.2 Å². The van der Waals surface area contributed by atoms with E-state index in [1.165, 1.54) is 11.8 Å². The third-order valence-electron chi connectivity index (χ3n) is 1.69. The predicted octanol–water partition coefficient (Wildman–Crippen LogP) is 1.91. The second-order valence-electron chi connectivity index (χ2n) is 2.73. The van der Waals surface area contributed by atoms with Crippen LogP contribution < -0.4 is 5.09 Å². The molecule has 1 unspecified atom stereocenters. The summed E-state index contributed by atoms with van der Waals surface area (Å²) < 4.78 is 10.7. The molecule has 1 N–H and O–H groups in total. The number of hydrogen-bond acceptors (Lipinski definition) is 5. The summed E-state index contributed by atoms with van der Waals surface area (Å²) in [5.41, 5.74) is 0. The molecule has 1 aliphatic heterocycles. The molecule has 0 aromatic carbocycles. The summed E-state index contributed by atoms with van der Waals surface area (Å²) >= 11 is 1.38. The minimum absolute atomic E-state index is 0.0794. The van der Waals surface area contributed by atoms with Crippen molar-refractivity contribution in [3.63, 3.8) is 0 Å². The van der Waals surface area contributed by atoms with E-state index in [2.05, 4.69) is 5.09 Å². The summed E-state index contributed by atoms with van der Waals surface area (Å²) in [4.78, 5) is 11.3. The Balaban J connectivity index is 2.33. The largest absolute Gasteiger partial charge is 0.322 e. The van der Waals surface area contributed by atoms with Gasteiger partial charge in [0.2, 0.25) is 5.12 Å². The van der Waals surface area contributed by atoms with E-state index in [0.717, 1.165) is 12.2 Å². The van der Waals surface area contributed by atoms with Gasteiger partial charge in [-0.15, -0.1) is 0 Å². The molecule has 0 aliphatic carbocycles. The Morgan fingerprint density at radius 3 is 2.57 bits per heavy atom. The fourth-order valence-electron chi connectivity index (χ4n) is 1.09. The first-order valence-electron chi connectivity index (χ1n) is 4.76. The molecule has 0 spiro atoms. The molecule has 0 amide bonds. The molecular weight excluding hydrogens is 221 g/mol. The zero-order valence-electron chi connectivity index (χ0n) is 8.49. The van der Waals surface area contributed by atoms with E-state index in [1.807, 2.05) is 13.8 Å². The van der Waals surface area contributed by atoms with Crippen molar-refractivity contribution in [1.82, 2.24) is 5.09 Å². The number of carbonyl (C=O) groups is 1. The first-order chi connectivity index (χ1) is 6.77. The summed E-state index contributed by atoms with van der Waals surface area (Å²) in [5.74, 6) is 0.901. The van der Waals surface area contributed by atoms with Crippen LogP contribution in [0.1, 0.15) is 20.3 Å². The van der Waals surface area contributed by atoms with Crippen LogP contribution in [0, 0.1) is 0 Å². The van der Waals surface area contributed by atoms with Gasteiger partial charge in [-0.1, -0.05) is 11.8 Å². The number of rotatable bonds is 6. The lowest BCUT2D eigenvalue weighted by molar-refractivity contribution is -0.112. The van der Waals surface area contributed by atoms with Crippen molar-refractivity contribution < 1.29 is 13.8 Å². The number of carbonyl (C=O) groups excluding carboxylic acids is 1. The standard InChI is InChI=1S/C8H16NO3PS/c1-3-11-13(12-4-2)9-7-5-6-14-8(7)10/h7,9H,3-6H2,1-2H3. The molecule has 1 heterocycles. The van der Waals surface area contributed by atoms with Gasteiger partial charge in [-0.3, -0.25) is 4.79 Å². The highest BCUT2D eigenvalue weighted by molar-refractivity contribution is 8.14. The molecular formula is C8H16NO3PS. The highest BCUT2D eigenvalue weighted by Crippen LogP contribution is 2.36. The van der Waals surface area contributed by atoms with Crippen LogP contribution in [-0.2, 0) is 13.8 Å². The SMILES string of the molecule is CCOP(NC1CCSC1=O)OCC. The summed E-state index contributed by atoms with van der Waals surface area (Å²) in [6.07, 6.45) is 0.877. The smallest absolute Gasteiger partial charge is 0.256 e. The molecule has 1 saturated heterocycles. The molecule has 1 rings (SSSR count). The summed E-state index contributed by atoms with van der Waals surface area (Å²) in [5, 5.41) is 3.32. The van der Waals surface area contributed by atoms with Crippen molar-refractivity contribution in [3.05, 3.63) is 0 Å². The Labute approximate surface area is 90.1 Å². The van der Waals surface area contributed by atoms with Crippen LogP contribution in [0.5, 0.6) is 0 Å². The van der Waals surface area contributed by atoms with Crippen molar-refractivity contribution in [2.45, 2.75) is 26.3 Å². The molecule has 0 radical (unpaired) electrons. The van der Waals surface area contributed by atoms with Crippen LogP contribution in [0.4, 0.5) is 0 Å². The van der Waals surface area contributed by atoms with Crippen LogP contribution in [0.15, 0.2) is 0 Å². The Hall–Kier alpha value is 0.330. The number of nitrogens with one attached hydrogen (secondary N) is 1. The Kier molecular flexibility index (Phi) is 5.98. The lowest BCUT2D eigenvalue weighted by Crippen LogP contribution is -2.29. The van der Waals surface area contributed by atoms with Crippen LogP contribution in [0.3, 0.4) is 0 Å². The molecule has 4 nitrogen and oxygen atoms in total. The van der Waals surface area contributed by atoms with Crippen LogP contribution in [0.2, 0.25) is 0 Å². The molecule has 0 saturated carbocycles. The molecule has 1 aliphatic rings. The summed E-state index contributed by atoms with van der Waals surface area (Å²) in [6, 6.07) is -0.0794. The quantitative estimate of drug-likeness (QED) is 0.715. The fourth-order valence-corrected chi connectivity index (χ4v) is 3.30. The van der Waals surface area contributed by atoms with E-state index in [-0.39, 0.29) is 11.2 Å². The molecule has 82 valence electrons. The Bertz CT molecular complexity index is 187. The molecule has 1 fully saturated rings. The Morgan fingerprint density at radius 2 is 2.14 bits per heavy atom. The topological polar surface area (TPSA) is 47.6 Å². The zero-order valence-corrected chi connectivity index (χ0v) is 10.2. The number of thioether (sulfide) groups is 1. The van der Waals surface area contributed by atoms with Gasteiger partial charge in [0, 0.05) is 5.75 Å². The average molecular weight is 237 g/mol. The lowest BCUT2D eigenvalue weighted by Gasteiger charge is -2.19. The van der Waals surface area contributed by atoms with Gasteiger partial charge >= 0.3 is 0 Å². The van der Waals surface area contributed by atoms with Gasteiger partial charge in [0.25, 0.3) is 8.53 Å². The zero-order chi connectivity index (χ0) is 10.4. The van der Waals surface area contributed by atoms with Crippen molar-refractivity contribution in [1.29, 1.82) is 0 Å². The predicted molar refractivity (Wildman–Crippen MR) is 59.2 cm³/mol.